The number of hydrogen-bond acceptors (Lipinski definition) is 2. The first-order valence-electron chi connectivity index (χ1n) is 4.87. The molecule has 0 saturated carbocycles. The number of rotatable bonds is 3. The zero-order valence-corrected chi connectivity index (χ0v) is 10.8. The standard InChI is InChI=1S/C9H18F3NO2S/c1-6(2)7(8(3,4)5)13-16(14,15)9(10,11)12/h6-7,13H,1-5H3. The molecule has 0 aromatic rings. The van der Waals surface area contributed by atoms with Gasteiger partial charge in [0.05, 0.1) is 0 Å². The SMILES string of the molecule is CC(C)C(NS(=O)(=O)C(F)(F)F)C(C)(C)C. The Balaban J connectivity index is 5.09. The Bertz CT molecular complexity index is 328. The fourth-order valence-electron chi connectivity index (χ4n) is 1.55. The van der Waals surface area contributed by atoms with Gasteiger partial charge >= 0.3 is 15.5 Å². The van der Waals surface area contributed by atoms with Crippen LogP contribution in [0.4, 0.5) is 13.2 Å². The van der Waals surface area contributed by atoms with E-state index in [9.17, 15) is 21.6 Å². The van der Waals surface area contributed by atoms with Gasteiger partial charge in [0.1, 0.15) is 0 Å². The van der Waals surface area contributed by atoms with Gasteiger partial charge in [-0.05, 0) is 11.3 Å². The minimum absolute atomic E-state index is 0.225. The number of nitrogens with one attached hydrogen (secondary N) is 1. The summed E-state index contributed by atoms with van der Waals surface area (Å²) in [6.45, 7) is 8.42. The molecule has 1 unspecified atom stereocenters. The molecule has 0 aromatic carbocycles. The van der Waals surface area contributed by atoms with Crippen molar-refractivity contribution >= 4 is 10.0 Å². The average Bonchev–Trinajstić information content (AvgIpc) is 1.95. The second-order valence-electron chi connectivity index (χ2n) is 5.15. The van der Waals surface area contributed by atoms with Crippen LogP contribution in [0.1, 0.15) is 34.6 Å². The fraction of sp³-hybridized carbons (Fsp3) is 1.00. The van der Waals surface area contributed by atoms with E-state index in [0.717, 1.165) is 0 Å². The molecule has 0 radical (unpaired) electrons. The van der Waals surface area contributed by atoms with Gasteiger partial charge in [-0.3, -0.25) is 0 Å². The maximum absolute atomic E-state index is 12.2. The predicted octanol–water partition coefficient (Wildman–Crippen LogP) is 2.50. The lowest BCUT2D eigenvalue weighted by molar-refractivity contribution is -0.0457. The van der Waals surface area contributed by atoms with Crippen molar-refractivity contribution in [1.29, 1.82) is 0 Å². The highest BCUT2D eigenvalue weighted by atomic mass is 32.2. The molecular weight excluding hydrogens is 243 g/mol. The fourth-order valence-corrected chi connectivity index (χ4v) is 2.64. The summed E-state index contributed by atoms with van der Waals surface area (Å²) in [6.07, 6.45) is 0. The highest BCUT2D eigenvalue weighted by molar-refractivity contribution is 7.90. The van der Waals surface area contributed by atoms with Crippen molar-refractivity contribution < 1.29 is 21.6 Å². The summed E-state index contributed by atoms with van der Waals surface area (Å²) >= 11 is 0. The molecule has 1 atom stereocenters. The second-order valence-corrected chi connectivity index (χ2v) is 6.86. The van der Waals surface area contributed by atoms with Crippen molar-refractivity contribution in [2.45, 2.75) is 46.2 Å². The largest absolute Gasteiger partial charge is 0.511 e. The Labute approximate surface area is 94.5 Å². The Morgan fingerprint density at radius 2 is 1.44 bits per heavy atom. The lowest BCUT2D eigenvalue weighted by Crippen LogP contribution is -2.50. The zero-order valence-electron chi connectivity index (χ0n) is 10.0. The summed E-state index contributed by atoms with van der Waals surface area (Å²) in [5.41, 5.74) is -5.84. The van der Waals surface area contributed by atoms with Crippen LogP contribution in [-0.2, 0) is 10.0 Å². The Morgan fingerprint density at radius 3 is 1.62 bits per heavy atom. The molecule has 0 rings (SSSR count). The van der Waals surface area contributed by atoms with Gasteiger partial charge in [-0.15, -0.1) is 0 Å². The summed E-state index contributed by atoms with van der Waals surface area (Å²) < 4.78 is 60.3. The third-order valence-corrected chi connectivity index (χ3v) is 3.36. The monoisotopic (exact) mass is 261 g/mol. The summed E-state index contributed by atoms with van der Waals surface area (Å²) in [5.74, 6) is -0.225. The summed E-state index contributed by atoms with van der Waals surface area (Å²) in [5, 5.41) is 0. The number of hydrogen-bond donors (Lipinski definition) is 1. The van der Waals surface area contributed by atoms with Crippen LogP contribution in [0.3, 0.4) is 0 Å². The van der Waals surface area contributed by atoms with Crippen LogP contribution in [-0.4, -0.2) is 20.0 Å². The van der Waals surface area contributed by atoms with Crippen molar-refractivity contribution in [2.24, 2.45) is 11.3 Å². The molecule has 0 saturated heterocycles. The van der Waals surface area contributed by atoms with Gasteiger partial charge in [0.2, 0.25) is 0 Å². The van der Waals surface area contributed by atoms with Crippen LogP contribution in [0.5, 0.6) is 0 Å². The molecule has 0 bridgehead atoms. The molecule has 0 spiro atoms. The summed E-state index contributed by atoms with van der Waals surface area (Å²) in [6, 6.07) is -0.765. The highest BCUT2D eigenvalue weighted by Crippen LogP contribution is 2.29. The van der Waals surface area contributed by atoms with Gasteiger partial charge in [-0.25, -0.2) is 13.1 Å². The Kier molecular flexibility index (Phi) is 4.44. The normalized spacial score (nSPS) is 16.6. The van der Waals surface area contributed by atoms with Crippen molar-refractivity contribution in [3.63, 3.8) is 0 Å². The van der Waals surface area contributed by atoms with E-state index in [1.165, 1.54) is 0 Å². The van der Waals surface area contributed by atoms with E-state index in [1.807, 2.05) is 0 Å². The topological polar surface area (TPSA) is 46.2 Å². The molecule has 16 heavy (non-hydrogen) atoms. The van der Waals surface area contributed by atoms with E-state index in [0.29, 0.717) is 0 Å². The van der Waals surface area contributed by atoms with E-state index in [2.05, 4.69) is 0 Å². The van der Waals surface area contributed by atoms with E-state index >= 15 is 0 Å². The third kappa shape index (κ3) is 3.93. The first kappa shape index (κ1) is 15.7. The molecule has 0 fully saturated rings. The molecule has 0 heterocycles. The predicted molar refractivity (Wildman–Crippen MR) is 56.2 cm³/mol. The Hall–Kier alpha value is -0.300. The lowest BCUT2D eigenvalue weighted by Gasteiger charge is -2.34. The average molecular weight is 261 g/mol. The van der Waals surface area contributed by atoms with Crippen molar-refractivity contribution in [2.75, 3.05) is 0 Å². The summed E-state index contributed by atoms with van der Waals surface area (Å²) in [4.78, 5) is 0. The molecule has 7 heteroatoms. The van der Waals surface area contributed by atoms with Crippen LogP contribution < -0.4 is 4.72 Å². The molecule has 0 amide bonds. The second kappa shape index (κ2) is 4.52. The van der Waals surface area contributed by atoms with Gasteiger partial charge in [-0.2, -0.15) is 13.2 Å². The van der Waals surface area contributed by atoms with Crippen molar-refractivity contribution in [1.82, 2.24) is 4.72 Å². The highest BCUT2D eigenvalue weighted by Gasteiger charge is 2.48. The smallest absolute Gasteiger partial charge is 0.204 e. The molecule has 0 aliphatic carbocycles. The maximum atomic E-state index is 12.2. The number of halogens is 3. The molecule has 3 nitrogen and oxygen atoms in total. The van der Waals surface area contributed by atoms with Crippen LogP contribution >= 0.6 is 0 Å². The molecule has 1 N–H and O–H groups in total. The van der Waals surface area contributed by atoms with Gasteiger partial charge in [0.25, 0.3) is 0 Å². The van der Waals surface area contributed by atoms with Crippen LogP contribution in [0.25, 0.3) is 0 Å². The molecule has 98 valence electrons. The van der Waals surface area contributed by atoms with Gasteiger partial charge in [-0.1, -0.05) is 34.6 Å². The minimum Gasteiger partial charge on any atom is -0.204 e. The quantitative estimate of drug-likeness (QED) is 0.848. The third-order valence-electron chi connectivity index (χ3n) is 2.19. The minimum atomic E-state index is -5.28. The van der Waals surface area contributed by atoms with Gasteiger partial charge < -0.3 is 0 Å². The first-order valence-corrected chi connectivity index (χ1v) is 6.36. The molecular formula is C9H18F3NO2S. The van der Waals surface area contributed by atoms with Gasteiger partial charge in [0, 0.05) is 6.04 Å². The number of alkyl halides is 3. The first-order chi connectivity index (χ1) is 6.79. The molecule has 0 aliphatic heterocycles. The van der Waals surface area contributed by atoms with Crippen LogP contribution in [0.15, 0.2) is 0 Å². The molecule has 0 aliphatic rings. The van der Waals surface area contributed by atoms with Gasteiger partial charge in [0.15, 0.2) is 0 Å². The van der Waals surface area contributed by atoms with E-state index < -0.39 is 27.0 Å². The van der Waals surface area contributed by atoms with Crippen LogP contribution in [0.2, 0.25) is 0 Å². The van der Waals surface area contributed by atoms with Crippen molar-refractivity contribution in [3.8, 4) is 0 Å². The molecule has 0 aromatic heterocycles. The lowest BCUT2D eigenvalue weighted by atomic mass is 9.81. The van der Waals surface area contributed by atoms with Crippen LogP contribution in [0, 0.1) is 11.3 Å². The Morgan fingerprint density at radius 1 is 1.06 bits per heavy atom. The van der Waals surface area contributed by atoms with E-state index in [-0.39, 0.29) is 5.92 Å². The van der Waals surface area contributed by atoms with Crippen molar-refractivity contribution in [3.05, 3.63) is 0 Å². The maximum Gasteiger partial charge on any atom is 0.511 e. The van der Waals surface area contributed by atoms with E-state index in [4.69, 9.17) is 0 Å². The summed E-state index contributed by atoms with van der Waals surface area (Å²) in [7, 11) is -5.28. The number of sulfonamides is 1. The zero-order chi connectivity index (χ0) is 13.4. The van der Waals surface area contributed by atoms with E-state index in [1.54, 1.807) is 39.3 Å².